The third-order valence-corrected chi connectivity index (χ3v) is 3.76. The number of benzene rings is 1. The monoisotopic (exact) mass is 291 g/mol. The summed E-state index contributed by atoms with van der Waals surface area (Å²) in [7, 11) is 1.81. The molecule has 1 N–H and O–H groups in total. The number of anilines is 1. The highest BCUT2D eigenvalue weighted by molar-refractivity contribution is 6.30. The van der Waals surface area contributed by atoms with E-state index in [0.29, 0.717) is 22.2 Å². The quantitative estimate of drug-likeness (QED) is 0.922. The van der Waals surface area contributed by atoms with Crippen molar-refractivity contribution in [2.24, 2.45) is 0 Å². The lowest BCUT2D eigenvalue weighted by Crippen LogP contribution is -2.05. The van der Waals surface area contributed by atoms with Gasteiger partial charge < -0.3 is 5.32 Å². The normalized spacial score (nSPS) is 14.4. The maximum absolute atomic E-state index is 14.1. The standard InChI is InChI=1S/C15H15ClFN3/c1-8-13(11-6-5-10(16)7-12(11)17)19-15(9-3-4-9)20-14(8)18-2/h5-7,9H,3-4H2,1-2H3,(H,18,19,20). The van der Waals surface area contributed by atoms with Crippen molar-refractivity contribution in [1.29, 1.82) is 0 Å². The van der Waals surface area contributed by atoms with E-state index in [0.717, 1.165) is 30.0 Å². The zero-order chi connectivity index (χ0) is 14.3. The lowest BCUT2D eigenvalue weighted by Gasteiger charge is -2.13. The predicted molar refractivity (Wildman–Crippen MR) is 78.7 cm³/mol. The van der Waals surface area contributed by atoms with Gasteiger partial charge in [-0.15, -0.1) is 0 Å². The highest BCUT2D eigenvalue weighted by Gasteiger charge is 2.28. The van der Waals surface area contributed by atoms with Crippen molar-refractivity contribution in [2.75, 3.05) is 12.4 Å². The molecule has 5 heteroatoms. The maximum Gasteiger partial charge on any atom is 0.134 e. The number of hydrogen-bond acceptors (Lipinski definition) is 3. The molecule has 1 aromatic heterocycles. The van der Waals surface area contributed by atoms with Crippen LogP contribution in [0.3, 0.4) is 0 Å². The largest absolute Gasteiger partial charge is 0.373 e. The second kappa shape index (κ2) is 5.02. The first-order chi connectivity index (χ1) is 9.60. The summed E-state index contributed by atoms with van der Waals surface area (Å²) in [5.41, 5.74) is 1.95. The van der Waals surface area contributed by atoms with Crippen LogP contribution in [-0.2, 0) is 0 Å². The minimum Gasteiger partial charge on any atom is -0.373 e. The number of halogens is 2. The molecule has 1 aromatic carbocycles. The van der Waals surface area contributed by atoms with Crippen LogP contribution in [0.4, 0.5) is 10.2 Å². The van der Waals surface area contributed by atoms with Crippen LogP contribution in [0.2, 0.25) is 5.02 Å². The van der Waals surface area contributed by atoms with E-state index in [2.05, 4.69) is 15.3 Å². The Kier molecular flexibility index (Phi) is 3.34. The molecule has 0 unspecified atom stereocenters. The van der Waals surface area contributed by atoms with Gasteiger partial charge in [-0.2, -0.15) is 0 Å². The fourth-order valence-electron chi connectivity index (χ4n) is 2.25. The fourth-order valence-corrected chi connectivity index (χ4v) is 2.40. The van der Waals surface area contributed by atoms with Crippen molar-refractivity contribution in [3.05, 3.63) is 40.4 Å². The highest BCUT2D eigenvalue weighted by atomic mass is 35.5. The van der Waals surface area contributed by atoms with Gasteiger partial charge in [0, 0.05) is 29.1 Å². The topological polar surface area (TPSA) is 37.8 Å². The van der Waals surface area contributed by atoms with Crippen molar-refractivity contribution < 1.29 is 4.39 Å². The van der Waals surface area contributed by atoms with E-state index in [9.17, 15) is 4.39 Å². The summed E-state index contributed by atoms with van der Waals surface area (Å²) in [5, 5.41) is 3.44. The lowest BCUT2D eigenvalue weighted by molar-refractivity contribution is 0.630. The Morgan fingerprint density at radius 2 is 2.05 bits per heavy atom. The highest BCUT2D eigenvalue weighted by Crippen LogP contribution is 2.40. The number of hydrogen-bond donors (Lipinski definition) is 1. The number of nitrogens with zero attached hydrogens (tertiary/aromatic N) is 2. The summed E-state index contributed by atoms with van der Waals surface area (Å²) in [6, 6.07) is 4.66. The minimum atomic E-state index is -0.358. The Labute approximate surface area is 122 Å². The van der Waals surface area contributed by atoms with E-state index >= 15 is 0 Å². The summed E-state index contributed by atoms with van der Waals surface area (Å²) in [6.07, 6.45) is 2.21. The summed E-state index contributed by atoms with van der Waals surface area (Å²) in [4.78, 5) is 9.08. The number of rotatable bonds is 3. The van der Waals surface area contributed by atoms with Gasteiger partial charge >= 0.3 is 0 Å². The summed E-state index contributed by atoms with van der Waals surface area (Å²) in [6.45, 7) is 1.89. The molecule has 1 saturated carbocycles. The molecule has 2 aromatic rings. The molecular formula is C15H15ClFN3. The van der Waals surface area contributed by atoms with Crippen LogP contribution in [0.5, 0.6) is 0 Å². The van der Waals surface area contributed by atoms with Gasteiger partial charge in [0.25, 0.3) is 0 Å². The van der Waals surface area contributed by atoms with Crippen LogP contribution in [-0.4, -0.2) is 17.0 Å². The fraction of sp³-hybridized carbons (Fsp3) is 0.333. The van der Waals surface area contributed by atoms with Crippen molar-refractivity contribution in [3.8, 4) is 11.3 Å². The van der Waals surface area contributed by atoms with Crippen LogP contribution in [0.15, 0.2) is 18.2 Å². The second-order valence-corrected chi connectivity index (χ2v) is 5.49. The molecule has 0 bridgehead atoms. The zero-order valence-electron chi connectivity index (χ0n) is 11.4. The van der Waals surface area contributed by atoms with E-state index in [1.165, 1.54) is 6.07 Å². The smallest absolute Gasteiger partial charge is 0.134 e. The molecule has 1 fully saturated rings. The van der Waals surface area contributed by atoms with Crippen molar-refractivity contribution in [2.45, 2.75) is 25.7 Å². The zero-order valence-corrected chi connectivity index (χ0v) is 12.1. The average Bonchev–Trinajstić information content (AvgIpc) is 3.24. The third kappa shape index (κ3) is 2.36. The molecule has 20 heavy (non-hydrogen) atoms. The summed E-state index contributed by atoms with van der Waals surface area (Å²) in [5.74, 6) is 1.61. The number of aromatic nitrogens is 2. The van der Waals surface area contributed by atoms with Gasteiger partial charge in [-0.1, -0.05) is 11.6 Å². The first-order valence-corrected chi connectivity index (χ1v) is 6.99. The van der Waals surface area contributed by atoms with E-state index in [4.69, 9.17) is 11.6 Å². The van der Waals surface area contributed by atoms with Crippen LogP contribution in [0, 0.1) is 12.7 Å². The van der Waals surface area contributed by atoms with Crippen molar-refractivity contribution in [1.82, 2.24) is 9.97 Å². The van der Waals surface area contributed by atoms with Gasteiger partial charge in [-0.3, -0.25) is 0 Å². The van der Waals surface area contributed by atoms with Gasteiger partial charge in [-0.25, -0.2) is 14.4 Å². The molecule has 0 atom stereocenters. The van der Waals surface area contributed by atoms with E-state index < -0.39 is 0 Å². The maximum atomic E-state index is 14.1. The molecule has 0 radical (unpaired) electrons. The van der Waals surface area contributed by atoms with E-state index in [-0.39, 0.29) is 5.82 Å². The van der Waals surface area contributed by atoms with Crippen molar-refractivity contribution in [3.63, 3.8) is 0 Å². The number of nitrogens with one attached hydrogen (secondary N) is 1. The molecule has 0 saturated heterocycles. The van der Waals surface area contributed by atoms with Gasteiger partial charge in [-0.05, 0) is 38.0 Å². The first-order valence-electron chi connectivity index (χ1n) is 6.62. The molecule has 104 valence electrons. The van der Waals surface area contributed by atoms with Crippen LogP contribution < -0.4 is 5.32 Å². The minimum absolute atomic E-state index is 0.358. The Morgan fingerprint density at radius 1 is 1.30 bits per heavy atom. The molecular weight excluding hydrogens is 277 g/mol. The average molecular weight is 292 g/mol. The summed E-state index contributed by atoms with van der Waals surface area (Å²) < 4.78 is 14.1. The lowest BCUT2D eigenvalue weighted by atomic mass is 10.1. The second-order valence-electron chi connectivity index (χ2n) is 5.05. The molecule has 3 rings (SSSR count). The summed E-state index contributed by atoms with van der Waals surface area (Å²) >= 11 is 5.81. The van der Waals surface area contributed by atoms with Gasteiger partial charge in [0.15, 0.2) is 0 Å². The Bertz CT molecular complexity index is 668. The first kappa shape index (κ1) is 13.3. The molecule has 1 aliphatic rings. The molecule has 1 aliphatic carbocycles. The van der Waals surface area contributed by atoms with E-state index in [1.807, 2.05) is 14.0 Å². The van der Waals surface area contributed by atoms with Crippen molar-refractivity contribution >= 4 is 17.4 Å². The molecule has 0 spiro atoms. The Morgan fingerprint density at radius 3 is 2.65 bits per heavy atom. The molecule has 3 nitrogen and oxygen atoms in total. The predicted octanol–water partition coefficient (Wildman–Crippen LogP) is 4.16. The molecule has 0 aliphatic heterocycles. The van der Waals surface area contributed by atoms with Gasteiger partial charge in [0.1, 0.15) is 17.5 Å². The molecule has 0 amide bonds. The van der Waals surface area contributed by atoms with Gasteiger partial charge in [0.2, 0.25) is 0 Å². The molecule has 1 heterocycles. The third-order valence-electron chi connectivity index (χ3n) is 3.53. The SMILES string of the molecule is CNc1nc(C2CC2)nc(-c2ccc(Cl)cc2F)c1C. The van der Waals surface area contributed by atoms with Crippen LogP contribution in [0.1, 0.15) is 30.1 Å². The Balaban J connectivity index is 2.18. The van der Waals surface area contributed by atoms with Crippen LogP contribution >= 0.6 is 11.6 Å². The van der Waals surface area contributed by atoms with Gasteiger partial charge in [0.05, 0.1) is 5.69 Å². The van der Waals surface area contributed by atoms with Crippen LogP contribution in [0.25, 0.3) is 11.3 Å². The Hall–Kier alpha value is -1.68. The van der Waals surface area contributed by atoms with E-state index in [1.54, 1.807) is 12.1 Å².